The van der Waals surface area contributed by atoms with Crippen LogP contribution in [-0.4, -0.2) is 59.3 Å². The van der Waals surface area contributed by atoms with Gasteiger partial charge in [-0.05, 0) is 30.7 Å². The van der Waals surface area contributed by atoms with Gasteiger partial charge < -0.3 is 15.0 Å². The molecular weight excluding hydrogens is 386 g/mol. The van der Waals surface area contributed by atoms with E-state index in [1.807, 2.05) is 24.3 Å². The Hall–Kier alpha value is -3.07. The van der Waals surface area contributed by atoms with Crippen molar-refractivity contribution in [2.45, 2.75) is 13.3 Å². The third-order valence-electron chi connectivity index (χ3n) is 5.26. The minimum absolute atomic E-state index is 0.0966. The number of amides is 1. The van der Waals surface area contributed by atoms with Gasteiger partial charge in [0.25, 0.3) is 5.56 Å². The molecule has 3 rings (SSSR count). The van der Waals surface area contributed by atoms with E-state index in [9.17, 15) is 14.4 Å². The number of aromatic nitrogens is 2. The summed E-state index contributed by atoms with van der Waals surface area (Å²) in [6.45, 7) is 6.30. The molecule has 1 aromatic carbocycles. The fourth-order valence-electron chi connectivity index (χ4n) is 3.54. The molecule has 0 spiro atoms. The van der Waals surface area contributed by atoms with Crippen molar-refractivity contribution in [3.05, 3.63) is 51.2 Å². The van der Waals surface area contributed by atoms with Gasteiger partial charge in [-0.15, -0.1) is 0 Å². The first-order valence-electron chi connectivity index (χ1n) is 10.1. The Labute approximate surface area is 175 Å². The highest BCUT2D eigenvalue weighted by molar-refractivity contribution is 5.88. The lowest BCUT2D eigenvalue weighted by Crippen LogP contribution is -2.49. The molecule has 1 aliphatic heterocycles. The number of ether oxygens (including phenoxy) is 1. The lowest BCUT2D eigenvalue weighted by molar-refractivity contribution is -0.114. The van der Waals surface area contributed by atoms with Crippen molar-refractivity contribution >= 4 is 17.4 Å². The maximum Gasteiger partial charge on any atom is 0.332 e. The Morgan fingerprint density at radius 1 is 1.03 bits per heavy atom. The number of carbonyl (C=O) groups is 1. The second-order valence-corrected chi connectivity index (χ2v) is 7.48. The molecule has 0 unspecified atom stereocenters. The van der Waals surface area contributed by atoms with Gasteiger partial charge in [-0.25, -0.2) is 4.79 Å². The number of benzene rings is 1. The van der Waals surface area contributed by atoms with Crippen molar-refractivity contribution in [2.24, 2.45) is 14.1 Å². The Kier molecular flexibility index (Phi) is 6.94. The largest absolute Gasteiger partial charge is 0.494 e. The second-order valence-electron chi connectivity index (χ2n) is 7.48. The summed E-state index contributed by atoms with van der Waals surface area (Å²) < 4.78 is 8.42. The van der Waals surface area contributed by atoms with E-state index in [4.69, 9.17) is 4.74 Å². The van der Waals surface area contributed by atoms with Crippen LogP contribution in [0, 0.1) is 0 Å². The number of nitrogens with zero attached hydrogens (tertiary/aromatic N) is 4. The third-order valence-corrected chi connectivity index (χ3v) is 5.26. The van der Waals surface area contributed by atoms with Crippen LogP contribution < -0.4 is 26.2 Å². The maximum atomic E-state index is 12.1. The third kappa shape index (κ3) is 5.29. The highest BCUT2D eigenvalue weighted by atomic mass is 16.5. The Morgan fingerprint density at radius 3 is 2.33 bits per heavy atom. The molecule has 1 amide bonds. The lowest BCUT2D eigenvalue weighted by atomic mass is 10.3. The summed E-state index contributed by atoms with van der Waals surface area (Å²) >= 11 is 0. The zero-order valence-corrected chi connectivity index (χ0v) is 17.8. The fraction of sp³-hybridized carbons (Fsp3) is 0.476. The predicted octanol–water partition coefficient (Wildman–Crippen LogP) is 0.634. The quantitative estimate of drug-likeness (QED) is 0.668. The highest BCUT2D eigenvalue weighted by Crippen LogP contribution is 2.16. The number of hydrogen-bond acceptors (Lipinski definition) is 6. The first-order valence-corrected chi connectivity index (χ1v) is 10.1. The smallest absolute Gasteiger partial charge is 0.332 e. The first kappa shape index (κ1) is 21.6. The van der Waals surface area contributed by atoms with Gasteiger partial charge in [0.2, 0.25) is 5.91 Å². The van der Waals surface area contributed by atoms with Crippen LogP contribution in [-0.2, 0) is 18.9 Å². The molecule has 2 heterocycles. The molecule has 9 heteroatoms. The molecule has 0 aliphatic carbocycles. The molecule has 1 aliphatic rings. The average Bonchev–Trinajstić information content (AvgIpc) is 2.73. The summed E-state index contributed by atoms with van der Waals surface area (Å²) in [5.41, 5.74) is 0.168. The van der Waals surface area contributed by atoms with Crippen LogP contribution in [0.2, 0.25) is 0 Å². The van der Waals surface area contributed by atoms with E-state index in [-0.39, 0.29) is 17.2 Å². The van der Waals surface area contributed by atoms with Gasteiger partial charge in [0.1, 0.15) is 11.6 Å². The molecule has 162 valence electrons. The molecular formula is C21H29N5O4. The molecule has 1 fully saturated rings. The predicted molar refractivity (Wildman–Crippen MR) is 116 cm³/mol. The molecule has 0 radical (unpaired) electrons. The van der Waals surface area contributed by atoms with Crippen LogP contribution in [0.4, 0.5) is 11.5 Å². The SMILES string of the molecule is CC(=O)Nc1ccc(OCCCN2CCN(c3cc(=O)n(C)c(=O)n3C)CC2)cc1. The zero-order valence-electron chi connectivity index (χ0n) is 17.8. The number of rotatable bonds is 7. The van der Waals surface area contributed by atoms with E-state index in [1.165, 1.54) is 24.6 Å². The Bertz CT molecular complexity index is 988. The monoisotopic (exact) mass is 415 g/mol. The standard InChI is InChI=1S/C21H29N5O4/c1-16(27)22-17-5-7-18(8-6-17)30-14-4-9-25-10-12-26(13-11-25)19-15-20(28)24(3)21(29)23(19)2/h5-8,15H,4,9-14H2,1-3H3,(H,22,27). The normalized spacial score (nSPS) is 14.6. The minimum atomic E-state index is -0.304. The molecule has 1 saturated heterocycles. The van der Waals surface area contributed by atoms with Crippen LogP contribution in [0.15, 0.2) is 39.9 Å². The number of carbonyl (C=O) groups excluding carboxylic acids is 1. The van der Waals surface area contributed by atoms with Crippen molar-refractivity contribution in [1.29, 1.82) is 0 Å². The fourth-order valence-corrected chi connectivity index (χ4v) is 3.54. The molecule has 0 saturated carbocycles. The van der Waals surface area contributed by atoms with E-state index in [2.05, 4.69) is 15.1 Å². The van der Waals surface area contributed by atoms with Gasteiger partial charge in [-0.2, -0.15) is 0 Å². The second kappa shape index (κ2) is 9.62. The van der Waals surface area contributed by atoms with Crippen LogP contribution in [0.1, 0.15) is 13.3 Å². The molecule has 0 bridgehead atoms. The van der Waals surface area contributed by atoms with Crippen molar-refractivity contribution < 1.29 is 9.53 Å². The molecule has 9 nitrogen and oxygen atoms in total. The van der Waals surface area contributed by atoms with Crippen molar-refractivity contribution in [3.8, 4) is 5.75 Å². The van der Waals surface area contributed by atoms with Crippen LogP contribution in [0.25, 0.3) is 0 Å². The van der Waals surface area contributed by atoms with E-state index in [0.717, 1.165) is 55.1 Å². The van der Waals surface area contributed by atoms with Crippen molar-refractivity contribution in [1.82, 2.24) is 14.0 Å². The van der Waals surface area contributed by atoms with Gasteiger partial charge in [0, 0.05) is 65.5 Å². The van der Waals surface area contributed by atoms with Crippen LogP contribution >= 0.6 is 0 Å². The van der Waals surface area contributed by atoms with Gasteiger partial charge in [0.15, 0.2) is 0 Å². The Morgan fingerprint density at radius 2 is 1.70 bits per heavy atom. The summed E-state index contributed by atoms with van der Waals surface area (Å²) in [5.74, 6) is 1.36. The first-order chi connectivity index (χ1) is 14.3. The Balaban J connectivity index is 1.42. The summed E-state index contributed by atoms with van der Waals surface area (Å²) in [5, 5.41) is 2.73. The zero-order chi connectivity index (χ0) is 21.7. The molecule has 1 aromatic heterocycles. The highest BCUT2D eigenvalue weighted by Gasteiger charge is 2.20. The van der Waals surface area contributed by atoms with E-state index >= 15 is 0 Å². The summed E-state index contributed by atoms with van der Waals surface area (Å²) in [6.07, 6.45) is 0.901. The van der Waals surface area contributed by atoms with Crippen molar-refractivity contribution in [2.75, 3.05) is 49.5 Å². The van der Waals surface area contributed by atoms with E-state index in [0.29, 0.717) is 12.4 Å². The molecule has 2 aromatic rings. The number of hydrogen-bond donors (Lipinski definition) is 1. The molecule has 30 heavy (non-hydrogen) atoms. The summed E-state index contributed by atoms with van der Waals surface area (Å²) in [7, 11) is 3.19. The number of nitrogens with one attached hydrogen (secondary N) is 1. The van der Waals surface area contributed by atoms with Crippen LogP contribution in [0.5, 0.6) is 5.75 Å². The lowest BCUT2D eigenvalue weighted by Gasteiger charge is -2.36. The van der Waals surface area contributed by atoms with Gasteiger partial charge in [-0.3, -0.25) is 23.6 Å². The molecule has 1 N–H and O–H groups in total. The molecule has 0 atom stereocenters. The van der Waals surface area contributed by atoms with Gasteiger partial charge in [0.05, 0.1) is 6.61 Å². The van der Waals surface area contributed by atoms with Gasteiger partial charge >= 0.3 is 5.69 Å². The van der Waals surface area contributed by atoms with Crippen LogP contribution in [0.3, 0.4) is 0 Å². The average molecular weight is 415 g/mol. The van der Waals surface area contributed by atoms with E-state index in [1.54, 1.807) is 7.05 Å². The maximum absolute atomic E-state index is 12.1. The van der Waals surface area contributed by atoms with Gasteiger partial charge in [-0.1, -0.05) is 0 Å². The van der Waals surface area contributed by atoms with E-state index < -0.39 is 0 Å². The number of anilines is 2. The summed E-state index contributed by atoms with van der Waals surface area (Å²) in [4.78, 5) is 39.6. The topological polar surface area (TPSA) is 88.8 Å². The number of piperazine rings is 1. The summed E-state index contributed by atoms with van der Waals surface area (Å²) in [6, 6.07) is 8.86. The minimum Gasteiger partial charge on any atom is -0.494 e. The van der Waals surface area contributed by atoms with Crippen molar-refractivity contribution in [3.63, 3.8) is 0 Å².